The van der Waals surface area contributed by atoms with E-state index >= 15 is 0 Å². The molecule has 0 fully saturated rings. The molecule has 0 spiro atoms. The molecule has 1 nitrogen and oxygen atoms in total. The number of hydrogen-bond donors (Lipinski definition) is 1. The molecular formula is C9H9OS. The minimum atomic E-state index is 0.261. The van der Waals surface area contributed by atoms with Crippen LogP contribution in [-0.4, -0.2) is 5.11 Å². The molecule has 2 heteroatoms. The summed E-state index contributed by atoms with van der Waals surface area (Å²) in [6.07, 6.45) is 2.36. The third-order valence-corrected chi connectivity index (χ3v) is 1.84. The Labute approximate surface area is 71.8 Å². The Hall–Kier alpha value is -1.02. The van der Waals surface area contributed by atoms with Crippen LogP contribution in [0.15, 0.2) is 35.7 Å². The summed E-state index contributed by atoms with van der Waals surface area (Å²) in [7, 11) is 0. The highest BCUT2D eigenvalue weighted by Crippen LogP contribution is 2.24. The summed E-state index contributed by atoms with van der Waals surface area (Å²) in [5.74, 6) is 0.261. The summed E-state index contributed by atoms with van der Waals surface area (Å²) < 4.78 is 0. The van der Waals surface area contributed by atoms with Crippen LogP contribution in [0.3, 0.4) is 0 Å². The third kappa shape index (κ3) is 1.71. The minimum Gasteiger partial charge on any atom is -0.508 e. The van der Waals surface area contributed by atoms with Crippen LogP contribution >= 0.6 is 12.6 Å². The fraction of sp³-hybridized carbons (Fsp3) is 0.111. The van der Waals surface area contributed by atoms with Gasteiger partial charge >= 0.3 is 0 Å². The highest BCUT2D eigenvalue weighted by Gasteiger charge is 2.02. The van der Waals surface area contributed by atoms with Gasteiger partial charge in [0.15, 0.2) is 0 Å². The normalized spacial score (nSPS) is 9.45. The molecule has 1 aromatic carbocycles. The summed E-state index contributed by atoms with van der Waals surface area (Å²) in [5, 5.41) is 9.31. The molecule has 0 saturated heterocycles. The van der Waals surface area contributed by atoms with Crippen LogP contribution in [0.5, 0.6) is 5.75 Å². The van der Waals surface area contributed by atoms with Crippen molar-refractivity contribution in [3.63, 3.8) is 0 Å². The average Bonchev–Trinajstić information content (AvgIpc) is 1.97. The lowest BCUT2D eigenvalue weighted by Crippen LogP contribution is -1.83. The maximum absolute atomic E-state index is 9.31. The Morgan fingerprint density at radius 2 is 2.27 bits per heavy atom. The third-order valence-electron chi connectivity index (χ3n) is 1.46. The molecule has 1 N–H and O–H groups in total. The van der Waals surface area contributed by atoms with E-state index in [0.29, 0.717) is 11.3 Å². The van der Waals surface area contributed by atoms with Gasteiger partial charge in [0.1, 0.15) is 5.75 Å². The van der Waals surface area contributed by atoms with E-state index < -0.39 is 0 Å². The molecule has 11 heavy (non-hydrogen) atoms. The molecule has 1 aromatic rings. The van der Waals surface area contributed by atoms with Gasteiger partial charge in [-0.25, -0.2) is 0 Å². The van der Waals surface area contributed by atoms with Crippen molar-refractivity contribution in [2.45, 2.75) is 11.3 Å². The molecule has 0 saturated carbocycles. The van der Waals surface area contributed by atoms with Gasteiger partial charge in [0.05, 0.1) is 0 Å². The van der Waals surface area contributed by atoms with E-state index in [4.69, 9.17) is 12.6 Å². The highest BCUT2D eigenvalue weighted by molar-refractivity contribution is 7.80. The first-order chi connectivity index (χ1) is 5.25. The van der Waals surface area contributed by atoms with E-state index in [-0.39, 0.29) is 5.75 Å². The van der Waals surface area contributed by atoms with Gasteiger partial charge in [-0.15, -0.1) is 6.58 Å². The second-order valence-corrected chi connectivity index (χ2v) is 2.69. The number of allylic oxidation sites excluding steroid dienone is 1. The molecule has 0 heterocycles. The van der Waals surface area contributed by atoms with E-state index in [1.165, 1.54) is 0 Å². The molecule has 1 radical (unpaired) electrons. The first kappa shape index (κ1) is 8.08. The summed E-state index contributed by atoms with van der Waals surface area (Å²) >= 11 is 5.00. The molecule has 1 rings (SSSR count). The second-order valence-electron chi connectivity index (χ2n) is 2.25. The van der Waals surface area contributed by atoms with Crippen LogP contribution in [-0.2, 0) is 6.42 Å². The zero-order valence-electron chi connectivity index (χ0n) is 6.08. The highest BCUT2D eigenvalue weighted by atomic mass is 32.1. The predicted octanol–water partition coefficient (Wildman–Crippen LogP) is 2.68. The molecule has 0 aliphatic heterocycles. The standard InChI is InChI=1S/C9H9OS/c1-2-4-7-8(10)5-3-6-9(7)11/h2-3,5-6,10H,1,4H2. The summed E-state index contributed by atoms with van der Waals surface area (Å²) in [6.45, 7) is 3.58. The predicted molar refractivity (Wildman–Crippen MR) is 47.9 cm³/mol. The number of benzene rings is 1. The molecule has 0 bridgehead atoms. The lowest BCUT2D eigenvalue weighted by atomic mass is 10.1. The molecule has 0 aliphatic rings. The van der Waals surface area contributed by atoms with E-state index in [0.717, 1.165) is 5.56 Å². The Morgan fingerprint density at radius 3 is 2.82 bits per heavy atom. The van der Waals surface area contributed by atoms with Crippen molar-refractivity contribution in [1.29, 1.82) is 0 Å². The molecule has 0 unspecified atom stereocenters. The van der Waals surface area contributed by atoms with Gasteiger partial charge in [-0.3, -0.25) is 0 Å². The van der Waals surface area contributed by atoms with Crippen LogP contribution in [0.4, 0.5) is 0 Å². The Balaban J connectivity index is 3.09. The smallest absolute Gasteiger partial charge is 0.120 e. The van der Waals surface area contributed by atoms with Crippen molar-refractivity contribution in [2.24, 2.45) is 0 Å². The van der Waals surface area contributed by atoms with Gasteiger partial charge in [-0.05, 0) is 18.6 Å². The first-order valence-corrected chi connectivity index (χ1v) is 3.75. The lowest BCUT2D eigenvalue weighted by molar-refractivity contribution is 0.467. The van der Waals surface area contributed by atoms with E-state index in [9.17, 15) is 5.11 Å². The number of rotatable bonds is 2. The quantitative estimate of drug-likeness (QED) is 0.668. The minimum absolute atomic E-state index is 0.261. The van der Waals surface area contributed by atoms with Crippen molar-refractivity contribution < 1.29 is 5.11 Å². The topological polar surface area (TPSA) is 20.2 Å². The van der Waals surface area contributed by atoms with Crippen LogP contribution in [0.1, 0.15) is 5.56 Å². The lowest BCUT2D eigenvalue weighted by Gasteiger charge is -2.02. The molecule has 0 aliphatic carbocycles. The van der Waals surface area contributed by atoms with Crippen molar-refractivity contribution in [2.75, 3.05) is 0 Å². The van der Waals surface area contributed by atoms with Gasteiger partial charge in [-0.1, -0.05) is 24.8 Å². The van der Waals surface area contributed by atoms with Crippen molar-refractivity contribution in [3.05, 3.63) is 36.4 Å². The number of hydrogen-bond acceptors (Lipinski definition) is 1. The van der Waals surface area contributed by atoms with Crippen LogP contribution < -0.4 is 0 Å². The monoisotopic (exact) mass is 165 g/mol. The number of phenolic OH excluding ortho intramolecular Hbond substituents is 1. The van der Waals surface area contributed by atoms with Crippen LogP contribution in [0.25, 0.3) is 0 Å². The molecule has 0 atom stereocenters. The maximum atomic E-state index is 9.31. The molecule has 0 aromatic heterocycles. The van der Waals surface area contributed by atoms with Crippen LogP contribution in [0, 0.1) is 0 Å². The Kier molecular flexibility index (Phi) is 2.49. The number of aromatic hydroxyl groups is 1. The fourth-order valence-electron chi connectivity index (χ4n) is 0.904. The van der Waals surface area contributed by atoms with Gasteiger partial charge in [0.25, 0.3) is 0 Å². The zero-order valence-corrected chi connectivity index (χ0v) is 6.90. The summed E-state index contributed by atoms with van der Waals surface area (Å²) in [6, 6.07) is 5.17. The molecular weight excluding hydrogens is 156 g/mol. The fourth-order valence-corrected chi connectivity index (χ4v) is 1.17. The van der Waals surface area contributed by atoms with Gasteiger partial charge in [-0.2, -0.15) is 0 Å². The van der Waals surface area contributed by atoms with E-state index in [2.05, 4.69) is 6.58 Å². The zero-order chi connectivity index (χ0) is 8.27. The van der Waals surface area contributed by atoms with E-state index in [1.54, 1.807) is 24.3 Å². The van der Waals surface area contributed by atoms with Crippen molar-refractivity contribution >= 4 is 12.6 Å². The van der Waals surface area contributed by atoms with Gasteiger partial charge in [0, 0.05) is 10.5 Å². The van der Waals surface area contributed by atoms with Crippen molar-refractivity contribution in [1.82, 2.24) is 0 Å². The second kappa shape index (κ2) is 3.39. The average molecular weight is 165 g/mol. The van der Waals surface area contributed by atoms with Crippen molar-refractivity contribution in [3.8, 4) is 5.75 Å². The van der Waals surface area contributed by atoms with Gasteiger partial charge < -0.3 is 5.11 Å². The Morgan fingerprint density at radius 1 is 1.55 bits per heavy atom. The molecule has 57 valence electrons. The summed E-state index contributed by atoms with van der Waals surface area (Å²) in [4.78, 5) is 0.699. The number of phenols is 1. The Bertz CT molecular complexity index is 248. The van der Waals surface area contributed by atoms with Gasteiger partial charge in [0.2, 0.25) is 0 Å². The summed E-state index contributed by atoms with van der Waals surface area (Å²) in [5.41, 5.74) is 0.789. The largest absolute Gasteiger partial charge is 0.508 e. The first-order valence-electron chi connectivity index (χ1n) is 3.34. The van der Waals surface area contributed by atoms with Crippen LogP contribution in [0.2, 0.25) is 0 Å². The maximum Gasteiger partial charge on any atom is 0.120 e. The van der Waals surface area contributed by atoms with E-state index in [1.807, 2.05) is 0 Å². The molecule has 0 amide bonds. The SMILES string of the molecule is C=CCc1c(O)cccc1[S].